The quantitative estimate of drug-likeness (QED) is 0.761. The number of piperazine rings is 1. The number of nitrogens with zero attached hydrogens (tertiary/aromatic N) is 3. The summed E-state index contributed by atoms with van der Waals surface area (Å²) in [7, 11) is 0. The van der Waals surface area contributed by atoms with Crippen LogP contribution >= 0.6 is 0 Å². The van der Waals surface area contributed by atoms with Gasteiger partial charge in [0.1, 0.15) is 11.5 Å². The van der Waals surface area contributed by atoms with Crippen LogP contribution in [0.25, 0.3) is 22.3 Å². The van der Waals surface area contributed by atoms with Gasteiger partial charge in [-0.15, -0.1) is 0 Å². The van der Waals surface area contributed by atoms with E-state index in [0.717, 1.165) is 48.5 Å². The predicted octanol–water partition coefficient (Wildman–Crippen LogP) is 2.17. The largest absolute Gasteiger partial charge is 0.368 e. The van der Waals surface area contributed by atoms with Gasteiger partial charge in [-0.05, 0) is 18.2 Å². The van der Waals surface area contributed by atoms with Crippen molar-refractivity contribution in [3.8, 4) is 11.3 Å². The van der Waals surface area contributed by atoms with Crippen molar-refractivity contribution in [1.29, 1.82) is 0 Å². The maximum absolute atomic E-state index is 13.4. The van der Waals surface area contributed by atoms with Crippen molar-refractivity contribution in [2.45, 2.75) is 0 Å². The van der Waals surface area contributed by atoms with Gasteiger partial charge >= 0.3 is 0 Å². The van der Waals surface area contributed by atoms with Crippen LogP contribution in [0.1, 0.15) is 0 Å². The Labute approximate surface area is 127 Å². The molecule has 1 aliphatic heterocycles. The molecule has 2 N–H and O–H groups in total. The zero-order valence-electron chi connectivity index (χ0n) is 12.0. The van der Waals surface area contributed by atoms with E-state index in [9.17, 15) is 4.39 Å². The summed E-state index contributed by atoms with van der Waals surface area (Å²) in [4.78, 5) is 14.0. The second-order valence-electron chi connectivity index (χ2n) is 5.39. The summed E-state index contributed by atoms with van der Waals surface area (Å²) in [6.07, 6.45) is 4.92. The van der Waals surface area contributed by atoms with E-state index in [2.05, 4.69) is 31.2 Å². The van der Waals surface area contributed by atoms with Crippen LogP contribution in [-0.2, 0) is 0 Å². The molecule has 0 atom stereocenters. The number of H-pyrrole nitrogens is 1. The van der Waals surface area contributed by atoms with E-state index >= 15 is 0 Å². The van der Waals surface area contributed by atoms with Gasteiger partial charge in [0, 0.05) is 43.3 Å². The first-order valence-corrected chi connectivity index (χ1v) is 7.36. The van der Waals surface area contributed by atoms with E-state index in [0.29, 0.717) is 5.65 Å². The molecule has 1 saturated heterocycles. The van der Waals surface area contributed by atoms with Crippen molar-refractivity contribution in [2.24, 2.45) is 0 Å². The fraction of sp³-hybridized carbons (Fsp3) is 0.250. The Kier molecular flexibility index (Phi) is 3.23. The van der Waals surface area contributed by atoms with Crippen molar-refractivity contribution in [3.05, 3.63) is 42.6 Å². The van der Waals surface area contributed by atoms with Crippen LogP contribution in [0.3, 0.4) is 0 Å². The molecule has 0 bridgehead atoms. The molecule has 1 aliphatic rings. The molecule has 0 aromatic carbocycles. The van der Waals surface area contributed by atoms with Crippen LogP contribution in [0.15, 0.2) is 36.8 Å². The first kappa shape index (κ1) is 13.2. The fourth-order valence-corrected chi connectivity index (χ4v) is 2.85. The molecule has 0 unspecified atom stereocenters. The van der Waals surface area contributed by atoms with Crippen molar-refractivity contribution < 1.29 is 4.39 Å². The van der Waals surface area contributed by atoms with Gasteiger partial charge in [0.05, 0.1) is 23.8 Å². The minimum Gasteiger partial charge on any atom is -0.368 e. The lowest BCUT2D eigenvalue weighted by atomic mass is 10.1. The van der Waals surface area contributed by atoms with Crippen LogP contribution in [0.4, 0.5) is 10.1 Å². The van der Waals surface area contributed by atoms with Crippen LogP contribution in [0.5, 0.6) is 0 Å². The number of rotatable bonds is 2. The summed E-state index contributed by atoms with van der Waals surface area (Å²) in [6.45, 7) is 3.97. The van der Waals surface area contributed by atoms with Crippen LogP contribution in [-0.4, -0.2) is 41.1 Å². The van der Waals surface area contributed by atoms with E-state index in [-0.39, 0.29) is 5.82 Å². The fourth-order valence-electron chi connectivity index (χ4n) is 2.85. The van der Waals surface area contributed by atoms with Gasteiger partial charge in [-0.3, -0.25) is 4.98 Å². The second-order valence-corrected chi connectivity index (χ2v) is 5.39. The molecular weight excluding hydrogens is 281 g/mol. The minimum atomic E-state index is -0.342. The first-order chi connectivity index (χ1) is 10.8. The van der Waals surface area contributed by atoms with Gasteiger partial charge in [-0.2, -0.15) is 0 Å². The number of aromatic nitrogens is 3. The molecule has 3 aromatic rings. The lowest BCUT2D eigenvalue weighted by molar-refractivity contribution is 0.589. The third-order valence-corrected chi connectivity index (χ3v) is 4.00. The van der Waals surface area contributed by atoms with Gasteiger partial charge in [0.25, 0.3) is 0 Å². The number of hydrogen-bond acceptors (Lipinski definition) is 4. The van der Waals surface area contributed by atoms with Crippen molar-refractivity contribution >= 4 is 16.7 Å². The Balaban J connectivity index is 1.68. The SMILES string of the molecule is Fc1cnc2[nH]cc(-c3ccc(N4CCNCC4)cn3)c2c1. The molecule has 5 nitrogen and oxygen atoms in total. The molecule has 22 heavy (non-hydrogen) atoms. The molecule has 0 aliphatic carbocycles. The summed E-state index contributed by atoms with van der Waals surface area (Å²) < 4.78 is 13.4. The minimum absolute atomic E-state index is 0.342. The average Bonchev–Trinajstić information content (AvgIpc) is 2.99. The summed E-state index contributed by atoms with van der Waals surface area (Å²) in [5, 5.41) is 4.09. The van der Waals surface area contributed by atoms with E-state index in [1.807, 2.05) is 18.5 Å². The van der Waals surface area contributed by atoms with E-state index in [1.54, 1.807) is 0 Å². The summed E-state index contributed by atoms with van der Waals surface area (Å²) in [5.41, 5.74) is 3.48. The topological polar surface area (TPSA) is 56.8 Å². The highest BCUT2D eigenvalue weighted by Gasteiger charge is 2.13. The van der Waals surface area contributed by atoms with Gasteiger partial charge < -0.3 is 15.2 Å². The molecule has 1 fully saturated rings. The number of aromatic amines is 1. The monoisotopic (exact) mass is 297 g/mol. The number of anilines is 1. The van der Waals surface area contributed by atoms with Crippen molar-refractivity contribution in [3.63, 3.8) is 0 Å². The van der Waals surface area contributed by atoms with E-state index in [1.165, 1.54) is 12.3 Å². The number of halogens is 1. The molecule has 0 amide bonds. The second kappa shape index (κ2) is 5.38. The number of hydrogen-bond donors (Lipinski definition) is 2. The highest BCUT2D eigenvalue weighted by molar-refractivity contribution is 5.92. The molecule has 0 spiro atoms. The Morgan fingerprint density at radius 1 is 1.09 bits per heavy atom. The van der Waals surface area contributed by atoms with Crippen molar-refractivity contribution in [1.82, 2.24) is 20.3 Å². The number of pyridine rings is 2. The Morgan fingerprint density at radius 2 is 1.95 bits per heavy atom. The summed E-state index contributed by atoms with van der Waals surface area (Å²) in [5.74, 6) is -0.342. The molecule has 3 aromatic heterocycles. The average molecular weight is 297 g/mol. The Hall–Kier alpha value is -2.47. The molecule has 0 radical (unpaired) electrons. The van der Waals surface area contributed by atoms with Crippen LogP contribution < -0.4 is 10.2 Å². The molecule has 112 valence electrons. The first-order valence-electron chi connectivity index (χ1n) is 7.36. The summed E-state index contributed by atoms with van der Waals surface area (Å²) in [6, 6.07) is 5.53. The molecule has 6 heteroatoms. The highest BCUT2D eigenvalue weighted by atomic mass is 19.1. The lowest BCUT2D eigenvalue weighted by Crippen LogP contribution is -2.43. The molecule has 0 saturated carbocycles. The van der Waals surface area contributed by atoms with E-state index < -0.39 is 0 Å². The smallest absolute Gasteiger partial charge is 0.142 e. The van der Waals surface area contributed by atoms with Gasteiger partial charge in [-0.25, -0.2) is 9.37 Å². The summed E-state index contributed by atoms with van der Waals surface area (Å²) >= 11 is 0. The maximum atomic E-state index is 13.4. The van der Waals surface area contributed by atoms with Crippen LogP contribution in [0, 0.1) is 5.82 Å². The third-order valence-electron chi connectivity index (χ3n) is 4.00. The highest BCUT2D eigenvalue weighted by Crippen LogP contribution is 2.27. The number of fused-ring (bicyclic) bond motifs is 1. The standard InChI is InChI=1S/C16H16FN5/c17-11-7-13-14(10-21-16(13)20-8-11)15-2-1-12(9-19-15)22-5-3-18-4-6-22/h1-2,7-10,18H,3-6H2,(H,20,21). The van der Waals surface area contributed by atoms with Gasteiger partial charge in [-0.1, -0.05) is 0 Å². The zero-order chi connectivity index (χ0) is 14.9. The Bertz CT molecular complexity index is 790. The van der Waals surface area contributed by atoms with Crippen LogP contribution in [0.2, 0.25) is 0 Å². The molecular formula is C16H16FN5. The number of nitrogens with one attached hydrogen (secondary N) is 2. The molecule has 4 rings (SSSR count). The van der Waals surface area contributed by atoms with E-state index in [4.69, 9.17) is 0 Å². The third kappa shape index (κ3) is 2.31. The lowest BCUT2D eigenvalue weighted by Gasteiger charge is -2.29. The van der Waals surface area contributed by atoms with Gasteiger partial charge in [0.15, 0.2) is 0 Å². The van der Waals surface area contributed by atoms with Gasteiger partial charge in [0.2, 0.25) is 0 Å². The predicted molar refractivity (Wildman–Crippen MR) is 84.4 cm³/mol. The maximum Gasteiger partial charge on any atom is 0.142 e. The Morgan fingerprint density at radius 3 is 2.73 bits per heavy atom. The van der Waals surface area contributed by atoms with Crippen molar-refractivity contribution in [2.75, 3.05) is 31.1 Å². The molecule has 4 heterocycles. The zero-order valence-corrected chi connectivity index (χ0v) is 12.0. The normalized spacial score (nSPS) is 15.4.